The number of amides is 2. The van der Waals surface area contributed by atoms with E-state index in [2.05, 4.69) is 0 Å². The van der Waals surface area contributed by atoms with Gasteiger partial charge in [0.1, 0.15) is 5.56 Å². The number of nitro benzene ring substituents is 1. The highest BCUT2D eigenvalue weighted by molar-refractivity contribution is 6.35. The molecule has 1 aliphatic rings. The van der Waals surface area contributed by atoms with Crippen molar-refractivity contribution in [3.8, 4) is 0 Å². The maximum atomic E-state index is 12.9. The summed E-state index contributed by atoms with van der Waals surface area (Å²) in [5, 5.41) is 11.3. The Hall–Kier alpha value is -4.66. The number of Topliss-reactive ketones (excluding diaryl/α,β-unsaturated/α-hetero) is 1. The van der Waals surface area contributed by atoms with E-state index in [4.69, 9.17) is 4.74 Å². The smallest absolute Gasteiger partial charge is 0.338 e. The number of hydrogen-bond acceptors (Lipinski definition) is 7. The van der Waals surface area contributed by atoms with Crippen LogP contribution in [0.4, 0.5) is 11.4 Å². The lowest BCUT2D eigenvalue weighted by atomic mass is 10.1. The normalized spacial score (nSPS) is 13.4. The summed E-state index contributed by atoms with van der Waals surface area (Å²) in [7, 11) is 0. The largest absolute Gasteiger partial charge is 0.451 e. The van der Waals surface area contributed by atoms with Gasteiger partial charge < -0.3 is 4.74 Å². The van der Waals surface area contributed by atoms with Crippen LogP contribution >= 0.6 is 0 Å². The molecule has 2 amide bonds. The summed E-state index contributed by atoms with van der Waals surface area (Å²) in [4.78, 5) is 62.3. The third-order valence-corrected chi connectivity index (χ3v) is 5.42. The van der Waals surface area contributed by atoms with Gasteiger partial charge in [-0.2, -0.15) is 0 Å². The van der Waals surface area contributed by atoms with Gasteiger partial charge in [0, 0.05) is 11.6 Å². The number of hydrogen-bond donors (Lipinski definition) is 0. The van der Waals surface area contributed by atoms with Gasteiger partial charge in [-0.05, 0) is 38.1 Å². The Morgan fingerprint density at radius 1 is 0.941 bits per heavy atom. The van der Waals surface area contributed by atoms with Crippen molar-refractivity contribution < 1.29 is 28.8 Å². The molecule has 1 unspecified atom stereocenters. The number of ether oxygens (including phenoxy) is 1. The second-order valence-corrected chi connectivity index (χ2v) is 7.73. The highest BCUT2D eigenvalue weighted by Gasteiger charge is 2.42. The second kappa shape index (κ2) is 8.70. The van der Waals surface area contributed by atoms with Crippen LogP contribution in [0.3, 0.4) is 0 Å². The van der Waals surface area contributed by atoms with E-state index in [0.29, 0.717) is 5.56 Å². The standard InChI is InChI=1S/C25H18N2O7/c1-14-9-11-16(12-10-14)22(28)15(2)34-25(31)17-5-3-6-18(13-17)26-23(29)19-7-4-8-20(27(32)33)21(19)24(26)30/h3-13,15H,1-2H3. The number of esters is 1. The minimum Gasteiger partial charge on any atom is -0.451 e. The van der Waals surface area contributed by atoms with E-state index in [1.165, 1.54) is 43.3 Å². The Morgan fingerprint density at radius 2 is 1.62 bits per heavy atom. The summed E-state index contributed by atoms with van der Waals surface area (Å²) in [6, 6.07) is 16.2. The summed E-state index contributed by atoms with van der Waals surface area (Å²) >= 11 is 0. The number of ketones is 1. The van der Waals surface area contributed by atoms with Crippen LogP contribution in [0.25, 0.3) is 0 Å². The zero-order valence-electron chi connectivity index (χ0n) is 18.2. The number of fused-ring (bicyclic) bond motifs is 1. The first-order chi connectivity index (χ1) is 16.2. The van der Waals surface area contributed by atoms with Gasteiger partial charge in [0.15, 0.2) is 6.10 Å². The lowest BCUT2D eigenvalue weighted by Gasteiger charge is -2.16. The van der Waals surface area contributed by atoms with Gasteiger partial charge in [0.2, 0.25) is 5.78 Å². The van der Waals surface area contributed by atoms with Crippen molar-refractivity contribution in [2.75, 3.05) is 4.90 Å². The highest BCUT2D eigenvalue weighted by Crippen LogP contribution is 2.34. The molecule has 0 bridgehead atoms. The molecule has 0 aromatic heterocycles. The molecule has 1 aliphatic heterocycles. The van der Waals surface area contributed by atoms with Crippen molar-refractivity contribution >= 4 is 34.9 Å². The van der Waals surface area contributed by atoms with Crippen molar-refractivity contribution in [1.82, 2.24) is 0 Å². The van der Waals surface area contributed by atoms with Crippen LogP contribution in [-0.4, -0.2) is 34.6 Å². The van der Waals surface area contributed by atoms with Crippen molar-refractivity contribution in [3.05, 3.63) is 105 Å². The summed E-state index contributed by atoms with van der Waals surface area (Å²) in [6.45, 7) is 3.34. The minimum absolute atomic E-state index is 0.00659. The number of rotatable bonds is 6. The number of anilines is 1. The van der Waals surface area contributed by atoms with E-state index >= 15 is 0 Å². The molecule has 4 rings (SSSR count). The molecule has 0 radical (unpaired) electrons. The Labute approximate surface area is 193 Å². The summed E-state index contributed by atoms with van der Waals surface area (Å²) < 4.78 is 5.30. The average Bonchev–Trinajstić information content (AvgIpc) is 3.09. The molecule has 170 valence electrons. The van der Waals surface area contributed by atoms with Crippen molar-refractivity contribution in [2.24, 2.45) is 0 Å². The third-order valence-electron chi connectivity index (χ3n) is 5.42. The fourth-order valence-electron chi connectivity index (χ4n) is 3.66. The van der Waals surface area contributed by atoms with E-state index < -0.39 is 34.5 Å². The molecule has 0 aliphatic carbocycles. The summed E-state index contributed by atoms with van der Waals surface area (Å²) in [5.74, 6) is -2.80. The van der Waals surface area contributed by atoms with E-state index in [0.717, 1.165) is 16.5 Å². The average molecular weight is 458 g/mol. The van der Waals surface area contributed by atoms with Crippen LogP contribution in [-0.2, 0) is 4.74 Å². The lowest BCUT2D eigenvalue weighted by Crippen LogP contribution is -2.30. The zero-order chi connectivity index (χ0) is 24.6. The Morgan fingerprint density at radius 3 is 2.29 bits per heavy atom. The molecule has 3 aromatic rings. The number of nitrogens with zero attached hydrogens (tertiary/aromatic N) is 2. The minimum atomic E-state index is -1.07. The number of aryl methyl sites for hydroxylation is 1. The fraction of sp³-hybridized carbons (Fsp3) is 0.120. The molecule has 1 heterocycles. The Kier molecular flexibility index (Phi) is 5.77. The van der Waals surface area contributed by atoms with Crippen LogP contribution < -0.4 is 4.90 Å². The van der Waals surface area contributed by atoms with Gasteiger partial charge in [0.05, 0.1) is 21.7 Å². The summed E-state index contributed by atoms with van der Waals surface area (Å²) in [6.07, 6.45) is -1.07. The zero-order valence-corrected chi connectivity index (χ0v) is 18.2. The first-order valence-electron chi connectivity index (χ1n) is 10.3. The molecular weight excluding hydrogens is 440 g/mol. The van der Waals surface area contributed by atoms with Gasteiger partial charge in [-0.25, -0.2) is 9.69 Å². The number of imide groups is 1. The van der Waals surface area contributed by atoms with E-state index in [9.17, 15) is 29.3 Å². The predicted molar refractivity (Wildman–Crippen MR) is 121 cm³/mol. The fourth-order valence-corrected chi connectivity index (χ4v) is 3.66. The molecule has 9 heteroatoms. The van der Waals surface area contributed by atoms with Crippen molar-refractivity contribution in [3.63, 3.8) is 0 Å². The number of carbonyl (C=O) groups is 4. The molecule has 3 aromatic carbocycles. The lowest BCUT2D eigenvalue weighted by molar-refractivity contribution is -0.385. The molecular formula is C25H18N2O7. The van der Waals surface area contributed by atoms with E-state index in [-0.39, 0.29) is 28.2 Å². The maximum Gasteiger partial charge on any atom is 0.338 e. The monoisotopic (exact) mass is 458 g/mol. The van der Waals surface area contributed by atoms with E-state index in [1.807, 2.05) is 6.92 Å². The predicted octanol–water partition coefficient (Wildman–Crippen LogP) is 4.13. The molecule has 0 saturated heterocycles. The third kappa shape index (κ3) is 3.95. The SMILES string of the molecule is Cc1ccc(C(=O)C(C)OC(=O)c2cccc(N3C(=O)c4cccc([N+](=O)[O-])c4C3=O)c2)cc1. The van der Waals surface area contributed by atoms with Crippen molar-refractivity contribution in [1.29, 1.82) is 0 Å². The molecule has 0 saturated carbocycles. The number of nitro groups is 1. The number of benzene rings is 3. The molecule has 0 N–H and O–H groups in total. The summed E-state index contributed by atoms with van der Waals surface area (Å²) in [5.41, 5.74) is 0.563. The topological polar surface area (TPSA) is 124 Å². The van der Waals surface area contributed by atoms with E-state index in [1.54, 1.807) is 24.3 Å². The molecule has 1 atom stereocenters. The highest BCUT2D eigenvalue weighted by atomic mass is 16.6. The quantitative estimate of drug-likeness (QED) is 0.179. The maximum absolute atomic E-state index is 12.9. The molecule has 0 spiro atoms. The van der Waals surface area contributed by atoms with Gasteiger partial charge >= 0.3 is 5.97 Å². The first kappa shape index (κ1) is 22.5. The second-order valence-electron chi connectivity index (χ2n) is 7.73. The van der Waals surface area contributed by atoms with Crippen molar-refractivity contribution in [2.45, 2.75) is 20.0 Å². The molecule has 9 nitrogen and oxygen atoms in total. The van der Waals surface area contributed by atoms with Crippen LogP contribution in [0.2, 0.25) is 0 Å². The Bertz CT molecular complexity index is 1360. The first-order valence-corrected chi connectivity index (χ1v) is 10.3. The van der Waals surface area contributed by atoms with Gasteiger partial charge in [-0.1, -0.05) is 42.0 Å². The van der Waals surface area contributed by atoms with Gasteiger partial charge in [-0.3, -0.25) is 24.5 Å². The molecule has 0 fully saturated rings. The number of carbonyl (C=O) groups excluding carboxylic acids is 4. The van der Waals surface area contributed by atoms with Gasteiger partial charge in [0.25, 0.3) is 17.5 Å². The van der Waals surface area contributed by atoms with Crippen LogP contribution in [0.5, 0.6) is 0 Å². The molecule has 34 heavy (non-hydrogen) atoms. The Balaban J connectivity index is 1.57. The van der Waals surface area contributed by atoms with Crippen LogP contribution in [0, 0.1) is 17.0 Å². The van der Waals surface area contributed by atoms with Gasteiger partial charge in [-0.15, -0.1) is 0 Å². The van der Waals surface area contributed by atoms with Crippen LogP contribution in [0.1, 0.15) is 53.9 Å². The van der Waals surface area contributed by atoms with Crippen LogP contribution in [0.15, 0.2) is 66.7 Å².